The van der Waals surface area contributed by atoms with Gasteiger partial charge in [-0.25, -0.2) is 0 Å². The van der Waals surface area contributed by atoms with E-state index < -0.39 is 5.97 Å². The van der Waals surface area contributed by atoms with E-state index in [1.165, 1.54) is 5.56 Å². The summed E-state index contributed by atoms with van der Waals surface area (Å²) in [5.74, 6) is -0.257. The Morgan fingerprint density at radius 3 is 2.27 bits per heavy atom. The Kier molecular flexibility index (Phi) is 6.12. The zero-order chi connectivity index (χ0) is 20.9. The Hall–Kier alpha value is -3.14. The molecule has 4 rings (SSSR count). The van der Waals surface area contributed by atoms with Crippen LogP contribution in [0.25, 0.3) is 10.8 Å². The summed E-state index contributed by atoms with van der Waals surface area (Å²) >= 11 is 0. The molecule has 0 saturated carbocycles. The number of likely N-dealkylation sites (tertiary alicyclic amines) is 1. The number of carboxylic acid groups (broad SMARTS) is 1. The maximum Gasteiger partial charge on any atom is 0.303 e. The minimum atomic E-state index is -0.745. The number of benzene rings is 3. The average molecular weight is 402 g/mol. The summed E-state index contributed by atoms with van der Waals surface area (Å²) in [7, 11) is 0. The molecule has 0 bridgehead atoms. The smallest absolute Gasteiger partial charge is 0.303 e. The molecule has 0 aromatic heterocycles. The van der Waals surface area contributed by atoms with Gasteiger partial charge in [0.05, 0.1) is 0 Å². The lowest BCUT2D eigenvalue weighted by Crippen LogP contribution is -2.40. The number of fused-ring (bicyclic) bond motifs is 1. The van der Waals surface area contributed by atoms with Crippen LogP contribution in [0.1, 0.15) is 35.2 Å². The van der Waals surface area contributed by atoms with E-state index in [-0.39, 0.29) is 18.2 Å². The molecule has 3 aromatic rings. The van der Waals surface area contributed by atoms with Crippen LogP contribution in [0.3, 0.4) is 0 Å². The van der Waals surface area contributed by atoms with Gasteiger partial charge in [-0.3, -0.25) is 9.59 Å². The van der Waals surface area contributed by atoms with Gasteiger partial charge in [0, 0.05) is 25.1 Å². The molecule has 0 aliphatic carbocycles. The third kappa shape index (κ3) is 4.70. The van der Waals surface area contributed by atoms with Crippen molar-refractivity contribution in [1.82, 2.24) is 4.90 Å². The second kappa shape index (κ2) is 9.12. The van der Waals surface area contributed by atoms with Gasteiger partial charge in [-0.05, 0) is 59.6 Å². The molecule has 1 saturated heterocycles. The van der Waals surface area contributed by atoms with E-state index in [1.54, 1.807) is 0 Å². The Balaban J connectivity index is 1.41. The van der Waals surface area contributed by atoms with Crippen LogP contribution in [0.2, 0.25) is 0 Å². The van der Waals surface area contributed by atoms with Crippen molar-refractivity contribution in [3.63, 3.8) is 0 Å². The summed E-state index contributed by atoms with van der Waals surface area (Å²) in [6, 6.07) is 24.0. The first-order chi connectivity index (χ1) is 14.6. The Labute approximate surface area is 177 Å². The second-order valence-electron chi connectivity index (χ2n) is 8.24. The molecule has 1 amide bonds. The highest BCUT2D eigenvalue weighted by atomic mass is 16.4. The van der Waals surface area contributed by atoms with Gasteiger partial charge >= 0.3 is 5.97 Å². The fourth-order valence-corrected chi connectivity index (χ4v) is 4.63. The van der Waals surface area contributed by atoms with Gasteiger partial charge in [0.15, 0.2) is 0 Å². The van der Waals surface area contributed by atoms with E-state index >= 15 is 0 Å². The molecule has 1 N–H and O–H groups in total. The molecule has 0 radical (unpaired) electrons. The van der Waals surface area contributed by atoms with Gasteiger partial charge in [-0.2, -0.15) is 0 Å². The van der Waals surface area contributed by atoms with Crippen LogP contribution in [0.5, 0.6) is 0 Å². The summed E-state index contributed by atoms with van der Waals surface area (Å²) in [6.07, 6.45) is 2.66. The summed E-state index contributed by atoms with van der Waals surface area (Å²) in [5.41, 5.74) is 1.90. The van der Waals surface area contributed by atoms with Gasteiger partial charge in [0.2, 0.25) is 0 Å². The lowest BCUT2D eigenvalue weighted by molar-refractivity contribution is -0.138. The van der Waals surface area contributed by atoms with Crippen LogP contribution < -0.4 is 0 Å². The molecule has 1 fully saturated rings. The van der Waals surface area contributed by atoms with E-state index in [2.05, 4.69) is 12.1 Å². The largest absolute Gasteiger partial charge is 0.481 e. The van der Waals surface area contributed by atoms with E-state index in [0.717, 1.165) is 35.6 Å². The van der Waals surface area contributed by atoms with Gasteiger partial charge < -0.3 is 10.0 Å². The minimum absolute atomic E-state index is 0.0667. The molecule has 30 heavy (non-hydrogen) atoms. The SMILES string of the molecule is O=C(O)CC(Cc1ccccc1)C1CCN(C(=O)c2ccc3ccccc3c2)CC1. The molecule has 1 unspecified atom stereocenters. The monoisotopic (exact) mass is 401 g/mol. The van der Waals surface area contributed by atoms with Crippen LogP contribution in [0, 0.1) is 11.8 Å². The van der Waals surface area contributed by atoms with Crippen molar-refractivity contribution in [2.75, 3.05) is 13.1 Å². The van der Waals surface area contributed by atoms with Gasteiger partial charge in [0.25, 0.3) is 5.91 Å². The number of hydrogen-bond donors (Lipinski definition) is 1. The van der Waals surface area contributed by atoms with Crippen molar-refractivity contribution in [1.29, 1.82) is 0 Å². The minimum Gasteiger partial charge on any atom is -0.481 e. The predicted molar refractivity (Wildman–Crippen MR) is 118 cm³/mol. The third-order valence-corrected chi connectivity index (χ3v) is 6.27. The molecule has 0 spiro atoms. The first-order valence-corrected chi connectivity index (χ1v) is 10.6. The average Bonchev–Trinajstić information content (AvgIpc) is 2.78. The van der Waals surface area contributed by atoms with Crippen molar-refractivity contribution in [3.05, 3.63) is 83.9 Å². The first kappa shape index (κ1) is 20.1. The number of amides is 1. The number of carbonyl (C=O) groups is 2. The summed E-state index contributed by atoms with van der Waals surface area (Å²) in [5, 5.41) is 11.6. The van der Waals surface area contributed by atoms with Crippen LogP contribution in [0.15, 0.2) is 72.8 Å². The Morgan fingerprint density at radius 1 is 0.900 bits per heavy atom. The van der Waals surface area contributed by atoms with E-state index in [1.807, 2.05) is 65.6 Å². The molecule has 1 atom stereocenters. The van der Waals surface area contributed by atoms with Crippen molar-refractivity contribution in [2.24, 2.45) is 11.8 Å². The zero-order valence-corrected chi connectivity index (χ0v) is 17.0. The van der Waals surface area contributed by atoms with Gasteiger partial charge in [-0.15, -0.1) is 0 Å². The highest BCUT2D eigenvalue weighted by Crippen LogP contribution is 2.31. The fourth-order valence-electron chi connectivity index (χ4n) is 4.63. The van der Waals surface area contributed by atoms with Crippen LogP contribution in [-0.4, -0.2) is 35.0 Å². The number of aliphatic carboxylic acids is 1. The number of rotatable bonds is 6. The quantitative estimate of drug-likeness (QED) is 0.631. The standard InChI is InChI=1S/C26H27NO3/c28-25(29)18-24(16-19-6-2-1-3-7-19)21-12-14-27(15-13-21)26(30)23-11-10-20-8-4-5-9-22(20)17-23/h1-11,17,21,24H,12-16,18H2,(H,28,29). The molecule has 1 heterocycles. The van der Waals surface area contributed by atoms with E-state index in [0.29, 0.717) is 19.0 Å². The first-order valence-electron chi connectivity index (χ1n) is 10.6. The van der Waals surface area contributed by atoms with Crippen molar-refractivity contribution < 1.29 is 14.7 Å². The molecule has 1 aliphatic heterocycles. The van der Waals surface area contributed by atoms with Crippen molar-refractivity contribution in [3.8, 4) is 0 Å². The summed E-state index contributed by atoms with van der Waals surface area (Å²) in [6.45, 7) is 1.36. The Bertz CT molecular complexity index is 1020. The lowest BCUT2D eigenvalue weighted by Gasteiger charge is -2.36. The third-order valence-electron chi connectivity index (χ3n) is 6.27. The number of carbonyl (C=O) groups excluding carboxylic acids is 1. The maximum atomic E-state index is 13.0. The number of hydrogen-bond acceptors (Lipinski definition) is 2. The summed E-state index contributed by atoms with van der Waals surface area (Å²) < 4.78 is 0. The van der Waals surface area contributed by atoms with Crippen molar-refractivity contribution >= 4 is 22.6 Å². The number of piperidine rings is 1. The highest BCUT2D eigenvalue weighted by molar-refractivity contribution is 5.98. The second-order valence-corrected chi connectivity index (χ2v) is 8.24. The number of nitrogens with zero attached hydrogens (tertiary/aromatic N) is 1. The molecule has 4 heteroatoms. The maximum absolute atomic E-state index is 13.0. The van der Waals surface area contributed by atoms with E-state index in [9.17, 15) is 14.7 Å². The predicted octanol–water partition coefficient (Wildman–Crippen LogP) is 5.03. The van der Waals surface area contributed by atoms with Crippen LogP contribution >= 0.6 is 0 Å². The van der Waals surface area contributed by atoms with Crippen LogP contribution in [0.4, 0.5) is 0 Å². The van der Waals surface area contributed by atoms with Gasteiger partial charge in [0.1, 0.15) is 0 Å². The highest BCUT2D eigenvalue weighted by Gasteiger charge is 2.30. The lowest BCUT2D eigenvalue weighted by atomic mass is 9.79. The van der Waals surface area contributed by atoms with Crippen molar-refractivity contribution in [2.45, 2.75) is 25.7 Å². The normalized spacial score (nSPS) is 15.8. The molecule has 3 aromatic carbocycles. The number of carboxylic acids is 1. The molecule has 4 nitrogen and oxygen atoms in total. The van der Waals surface area contributed by atoms with E-state index in [4.69, 9.17) is 0 Å². The molecular formula is C26H27NO3. The molecule has 1 aliphatic rings. The molecular weight excluding hydrogens is 374 g/mol. The topological polar surface area (TPSA) is 57.6 Å². The fraction of sp³-hybridized carbons (Fsp3) is 0.308. The molecule has 154 valence electrons. The summed E-state index contributed by atoms with van der Waals surface area (Å²) in [4.78, 5) is 26.4. The Morgan fingerprint density at radius 2 is 1.57 bits per heavy atom. The van der Waals surface area contributed by atoms with Crippen LogP contribution in [-0.2, 0) is 11.2 Å². The zero-order valence-electron chi connectivity index (χ0n) is 17.0. The van der Waals surface area contributed by atoms with Gasteiger partial charge in [-0.1, -0.05) is 60.7 Å².